The van der Waals surface area contributed by atoms with Gasteiger partial charge in [0.15, 0.2) is 11.0 Å². The van der Waals surface area contributed by atoms with Crippen molar-refractivity contribution in [3.05, 3.63) is 73.1 Å². The van der Waals surface area contributed by atoms with Gasteiger partial charge in [-0.1, -0.05) is 66.4 Å². The van der Waals surface area contributed by atoms with Crippen LogP contribution in [0.25, 0.3) is 11.1 Å². The molecule has 1 aromatic heterocycles. The number of aromatic nitrogens is 3. The molecular formula is C23H26N4O2S. The van der Waals surface area contributed by atoms with Crippen LogP contribution in [0.1, 0.15) is 19.7 Å². The molecule has 30 heavy (non-hydrogen) atoms. The maximum Gasteiger partial charge on any atom is 0.233 e. The highest BCUT2D eigenvalue weighted by molar-refractivity contribution is 8.00. The van der Waals surface area contributed by atoms with Crippen molar-refractivity contribution >= 4 is 17.7 Å². The Kier molecular flexibility index (Phi) is 7.68. The number of hydrogen-bond acceptors (Lipinski definition) is 5. The zero-order valence-electron chi connectivity index (χ0n) is 17.2. The van der Waals surface area contributed by atoms with E-state index in [4.69, 9.17) is 4.74 Å². The predicted molar refractivity (Wildman–Crippen MR) is 120 cm³/mol. The van der Waals surface area contributed by atoms with Crippen LogP contribution in [-0.2, 0) is 17.9 Å². The molecule has 0 radical (unpaired) electrons. The molecule has 156 valence electrons. The van der Waals surface area contributed by atoms with E-state index >= 15 is 0 Å². The summed E-state index contributed by atoms with van der Waals surface area (Å²) in [5, 5.41) is 11.8. The number of nitrogens with zero attached hydrogens (tertiary/aromatic N) is 3. The lowest BCUT2D eigenvalue weighted by Crippen LogP contribution is -2.30. The molecule has 0 fully saturated rings. The molecule has 1 amide bonds. The SMILES string of the molecule is C=CCn1c(COc2ccccc2-c2ccccc2)nnc1S[C@@H](C)C(=O)NCC. The maximum absolute atomic E-state index is 12.1. The summed E-state index contributed by atoms with van der Waals surface area (Å²) in [5.41, 5.74) is 2.11. The quantitative estimate of drug-likeness (QED) is 0.389. The number of allylic oxidation sites excluding steroid dienone is 1. The number of amides is 1. The Hall–Kier alpha value is -3.06. The second-order valence-electron chi connectivity index (χ2n) is 6.60. The molecule has 3 rings (SSSR count). The van der Waals surface area contributed by atoms with E-state index in [-0.39, 0.29) is 17.8 Å². The number of thioether (sulfide) groups is 1. The molecule has 1 atom stereocenters. The molecule has 0 unspecified atom stereocenters. The molecule has 0 saturated carbocycles. The fourth-order valence-corrected chi connectivity index (χ4v) is 3.85. The van der Waals surface area contributed by atoms with Crippen molar-refractivity contribution in [3.8, 4) is 16.9 Å². The molecular weight excluding hydrogens is 396 g/mol. The zero-order chi connectivity index (χ0) is 21.3. The Morgan fingerprint density at radius 1 is 1.20 bits per heavy atom. The second-order valence-corrected chi connectivity index (χ2v) is 7.91. The summed E-state index contributed by atoms with van der Waals surface area (Å²) in [6.07, 6.45) is 1.78. The first-order valence-corrected chi connectivity index (χ1v) is 10.8. The van der Waals surface area contributed by atoms with E-state index in [2.05, 4.69) is 34.2 Å². The van der Waals surface area contributed by atoms with Crippen LogP contribution >= 0.6 is 11.8 Å². The van der Waals surface area contributed by atoms with Gasteiger partial charge in [-0.15, -0.1) is 16.8 Å². The highest BCUT2D eigenvalue weighted by Gasteiger charge is 2.20. The number of hydrogen-bond donors (Lipinski definition) is 1. The van der Waals surface area contributed by atoms with E-state index in [1.54, 1.807) is 6.08 Å². The van der Waals surface area contributed by atoms with Crippen LogP contribution in [-0.4, -0.2) is 32.5 Å². The highest BCUT2D eigenvalue weighted by atomic mass is 32.2. The second kappa shape index (κ2) is 10.6. The van der Waals surface area contributed by atoms with E-state index in [1.807, 2.05) is 60.9 Å². The minimum atomic E-state index is -0.273. The van der Waals surface area contributed by atoms with Gasteiger partial charge < -0.3 is 10.1 Å². The number of rotatable bonds is 10. The Morgan fingerprint density at radius 3 is 2.67 bits per heavy atom. The third-order valence-corrected chi connectivity index (χ3v) is 5.52. The van der Waals surface area contributed by atoms with Crippen LogP contribution in [0.2, 0.25) is 0 Å². The molecule has 0 spiro atoms. The Balaban J connectivity index is 1.77. The Morgan fingerprint density at radius 2 is 1.93 bits per heavy atom. The highest BCUT2D eigenvalue weighted by Crippen LogP contribution is 2.30. The van der Waals surface area contributed by atoms with Crippen molar-refractivity contribution in [1.82, 2.24) is 20.1 Å². The van der Waals surface area contributed by atoms with E-state index in [1.165, 1.54) is 11.8 Å². The third-order valence-electron chi connectivity index (χ3n) is 4.44. The predicted octanol–water partition coefficient (Wildman–Crippen LogP) is 4.33. The summed E-state index contributed by atoms with van der Waals surface area (Å²) in [4.78, 5) is 12.1. The first kappa shape index (κ1) is 21.6. The van der Waals surface area contributed by atoms with E-state index in [0.717, 1.165) is 16.9 Å². The van der Waals surface area contributed by atoms with Gasteiger partial charge in [-0.05, 0) is 25.5 Å². The number of nitrogens with one attached hydrogen (secondary N) is 1. The third kappa shape index (κ3) is 5.30. The van der Waals surface area contributed by atoms with Gasteiger partial charge in [0, 0.05) is 18.7 Å². The molecule has 6 nitrogen and oxygen atoms in total. The minimum Gasteiger partial charge on any atom is -0.485 e. The lowest BCUT2D eigenvalue weighted by Gasteiger charge is -2.13. The monoisotopic (exact) mass is 422 g/mol. The summed E-state index contributed by atoms with van der Waals surface area (Å²) in [7, 11) is 0. The van der Waals surface area contributed by atoms with Gasteiger partial charge in [-0.2, -0.15) is 0 Å². The summed E-state index contributed by atoms with van der Waals surface area (Å²) >= 11 is 1.37. The van der Waals surface area contributed by atoms with Crippen LogP contribution in [0.4, 0.5) is 0 Å². The first-order valence-electron chi connectivity index (χ1n) is 9.88. The number of carbonyl (C=O) groups excluding carboxylic acids is 1. The number of benzene rings is 2. The maximum atomic E-state index is 12.1. The first-order chi connectivity index (χ1) is 14.6. The minimum absolute atomic E-state index is 0.0229. The number of carbonyl (C=O) groups is 1. The standard InChI is InChI=1S/C23H26N4O2S/c1-4-15-27-21(25-26-23(27)30-17(3)22(28)24-5-2)16-29-20-14-10-9-13-19(20)18-11-7-6-8-12-18/h4,6-14,17H,1,5,15-16H2,2-3H3,(H,24,28)/t17-/m0/s1. The fourth-order valence-electron chi connectivity index (χ4n) is 2.95. The average molecular weight is 423 g/mol. The smallest absolute Gasteiger partial charge is 0.233 e. The van der Waals surface area contributed by atoms with Crippen molar-refractivity contribution in [2.24, 2.45) is 0 Å². The van der Waals surface area contributed by atoms with Crippen LogP contribution < -0.4 is 10.1 Å². The number of para-hydroxylation sites is 1. The van der Waals surface area contributed by atoms with Crippen LogP contribution in [0, 0.1) is 0 Å². The summed E-state index contributed by atoms with van der Waals surface area (Å²) in [5.74, 6) is 1.44. The van der Waals surface area contributed by atoms with Crippen molar-refractivity contribution in [2.45, 2.75) is 37.4 Å². The van der Waals surface area contributed by atoms with E-state index < -0.39 is 0 Å². The summed E-state index contributed by atoms with van der Waals surface area (Å²) in [6.45, 7) is 8.99. The van der Waals surface area contributed by atoms with E-state index in [0.29, 0.717) is 24.1 Å². The Bertz CT molecular complexity index is 988. The number of ether oxygens (including phenoxy) is 1. The van der Waals surface area contributed by atoms with E-state index in [9.17, 15) is 4.79 Å². The van der Waals surface area contributed by atoms with Crippen LogP contribution in [0.3, 0.4) is 0 Å². The van der Waals surface area contributed by atoms with Gasteiger partial charge in [0.2, 0.25) is 5.91 Å². The molecule has 0 aliphatic carbocycles. The van der Waals surface area contributed by atoms with Gasteiger partial charge in [-0.3, -0.25) is 9.36 Å². The van der Waals surface area contributed by atoms with Crippen LogP contribution in [0.5, 0.6) is 5.75 Å². The molecule has 2 aromatic carbocycles. The van der Waals surface area contributed by atoms with Gasteiger partial charge >= 0.3 is 0 Å². The largest absolute Gasteiger partial charge is 0.485 e. The zero-order valence-corrected chi connectivity index (χ0v) is 18.1. The van der Waals surface area contributed by atoms with Crippen LogP contribution in [0.15, 0.2) is 72.4 Å². The van der Waals surface area contributed by atoms with Crippen molar-refractivity contribution < 1.29 is 9.53 Å². The lowest BCUT2D eigenvalue weighted by atomic mass is 10.1. The van der Waals surface area contributed by atoms with Crippen molar-refractivity contribution in [1.29, 1.82) is 0 Å². The van der Waals surface area contributed by atoms with Crippen molar-refractivity contribution in [2.75, 3.05) is 6.54 Å². The molecule has 0 aliphatic heterocycles. The normalized spacial score (nSPS) is 11.7. The van der Waals surface area contributed by atoms with Gasteiger partial charge in [0.05, 0.1) is 5.25 Å². The average Bonchev–Trinajstić information content (AvgIpc) is 3.14. The van der Waals surface area contributed by atoms with Gasteiger partial charge in [-0.25, -0.2) is 0 Å². The summed E-state index contributed by atoms with van der Waals surface area (Å²) in [6, 6.07) is 18.0. The lowest BCUT2D eigenvalue weighted by molar-refractivity contribution is -0.120. The molecule has 1 heterocycles. The molecule has 7 heteroatoms. The molecule has 3 aromatic rings. The Labute approximate surface area is 181 Å². The fraction of sp³-hybridized carbons (Fsp3) is 0.261. The topological polar surface area (TPSA) is 69.0 Å². The van der Waals surface area contributed by atoms with Gasteiger partial charge in [0.25, 0.3) is 0 Å². The molecule has 0 bridgehead atoms. The van der Waals surface area contributed by atoms with Crippen molar-refractivity contribution in [3.63, 3.8) is 0 Å². The molecule has 1 N–H and O–H groups in total. The molecule has 0 saturated heterocycles. The van der Waals surface area contributed by atoms with Gasteiger partial charge in [0.1, 0.15) is 12.4 Å². The summed E-state index contributed by atoms with van der Waals surface area (Å²) < 4.78 is 8.05. The molecule has 0 aliphatic rings.